The average molecular weight is 366 g/mol. The van der Waals surface area contributed by atoms with Crippen molar-refractivity contribution in [2.75, 3.05) is 18.4 Å². The summed E-state index contributed by atoms with van der Waals surface area (Å²) in [6, 6.07) is 12.4. The molecule has 3 aromatic rings. The largest absolute Gasteiger partial charge is 0.302 e. The highest BCUT2D eigenvalue weighted by Gasteiger charge is 2.24. The molecule has 134 valence electrons. The van der Waals surface area contributed by atoms with Gasteiger partial charge >= 0.3 is 0 Å². The second-order valence-electron chi connectivity index (χ2n) is 6.62. The number of pyridine rings is 1. The Kier molecular flexibility index (Phi) is 5.22. The fourth-order valence-electron chi connectivity index (χ4n) is 3.56. The molecule has 1 atom stereocenters. The van der Waals surface area contributed by atoms with Gasteiger partial charge in [-0.15, -0.1) is 0 Å². The second-order valence-corrected chi connectivity index (χ2v) is 7.65. The monoisotopic (exact) mass is 366 g/mol. The first-order valence-electron chi connectivity index (χ1n) is 9.09. The molecule has 26 heavy (non-hydrogen) atoms. The molecule has 0 saturated carbocycles. The Bertz CT molecular complexity index is 847. The zero-order valence-corrected chi connectivity index (χ0v) is 15.4. The van der Waals surface area contributed by atoms with Gasteiger partial charge in [0.05, 0.1) is 10.2 Å². The van der Waals surface area contributed by atoms with E-state index >= 15 is 0 Å². The van der Waals surface area contributed by atoms with E-state index in [1.54, 1.807) is 0 Å². The van der Waals surface area contributed by atoms with Crippen LogP contribution in [0.2, 0.25) is 0 Å². The van der Waals surface area contributed by atoms with E-state index in [9.17, 15) is 4.79 Å². The molecule has 1 amide bonds. The SMILES string of the molecule is O=C(CCN1CCCC[C@H]1c1cccnc1)Nc1nc2ccccc2s1. The first-order valence-corrected chi connectivity index (χ1v) is 9.90. The molecule has 6 heteroatoms. The molecule has 3 heterocycles. The van der Waals surface area contributed by atoms with Crippen molar-refractivity contribution < 1.29 is 4.79 Å². The first-order chi connectivity index (χ1) is 12.8. The third-order valence-corrected chi connectivity index (χ3v) is 5.80. The second kappa shape index (κ2) is 7.93. The number of fused-ring (bicyclic) bond motifs is 1. The number of para-hydroxylation sites is 1. The molecule has 0 aliphatic carbocycles. The summed E-state index contributed by atoms with van der Waals surface area (Å²) in [5.41, 5.74) is 2.18. The molecule has 0 bridgehead atoms. The number of piperidine rings is 1. The Hall–Kier alpha value is -2.31. The summed E-state index contributed by atoms with van der Waals surface area (Å²) < 4.78 is 1.09. The normalized spacial score (nSPS) is 18.1. The first kappa shape index (κ1) is 17.1. The quantitative estimate of drug-likeness (QED) is 0.733. The number of benzene rings is 1. The Morgan fingerprint density at radius 2 is 2.15 bits per heavy atom. The minimum Gasteiger partial charge on any atom is -0.302 e. The number of aromatic nitrogens is 2. The van der Waals surface area contributed by atoms with Crippen LogP contribution in [0.15, 0.2) is 48.8 Å². The van der Waals surface area contributed by atoms with Gasteiger partial charge < -0.3 is 5.32 Å². The number of hydrogen-bond acceptors (Lipinski definition) is 5. The summed E-state index contributed by atoms with van der Waals surface area (Å²) >= 11 is 1.52. The van der Waals surface area contributed by atoms with E-state index in [2.05, 4.69) is 26.3 Å². The van der Waals surface area contributed by atoms with Crippen molar-refractivity contribution in [1.29, 1.82) is 0 Å². The van der Waals surface area contributed by atoms with Gasteiger partial charge in [-0.25, -0.2) is 4.98 Å². The van der Waals surface area contributed by atoms with Crippen LogP contribution < -0.4 is 5.32 Å². The zero-order chi connectivity index (χ0) is 17.8. The highest BCUT2D eigenvalue weighted by molar-refractivity contribution is 7.22. The summed E-state index contributed by atoms with van der Waals surface area (Å²) in [7, 11) is 0. The lowest BCUT2D eigenvalue weighted by molar-refractivity contribution is -0.116. The molecular formula is C20H22N4OS. The molecule has 1 saturated heterocycles. The summed E-state index contributed by atoms with van der Waals surface area (Å²) in [5, 5.41) is 3.63. The number of anilines is 1. The molecule has 0 spiro atoms. The number of nitrogens with one attached hydrogen (secondary N) is 1. The van der Waals surface area contributed by atoms with Crippen molar-refractivity contribution in [3.63, 3.8) is 0 Å². The summed E-state index contributed by atoms with van der Waals surface area (Å²) in [5.74, 6) is 0.0274. The molecule has 0 radical (unpaired) electrons. The smallest absolute Gasteiger partial charge is 0.227 e. The third kappa shape index (κ3) is 3.92. The molecule has 1 aromatic carbocycles. The highest BCUT2D eigenvalue weighted by Crippen LogP contribution is 2.30. The minimum absolute atomic E-state index is 0.0274. The number of thiazole rings is 1. The summed E-state index contributed by atoms with van der Waals surface area (Å²) in [4.78, 5) is 23.5. The Balaban J connectivity index is 1.36. The van der Waals surface area contributed by atoms with Gasteiger partial charge in [-0.2, -0.15) is 0 Å². The van der Waals surface area contributed by atoms with Crippen molar-refractivity contribution in [2.45, 2.75) is 31.7 Å². The highest BCUT2D eigenvalue weighted by atomic mass is 32.1. The number of carbonyl (C=O) groups is 1. The predicted molar refractivity (Wildman–Crippen MR) is 105 cm³/mol. The molecule has 4 rings (SSSR count). The van der Waals surface area contributed by atoms with Crippen LogP contribution in [0.4, 0.5) is 5.13 Å². The van der Waals surface area contributed by atoms with Crippen molar-refractivity contribution in [2.24, 2.45) is 0 Å². The number of hydrogen-bond donors (Lipinski definition) is 1. The van der Waals surface area contributed by atoms with Crippen molar-refractivity contribution in [3.05, 3.63) is 54.4 Å². The lowest BCUT2D eigenvalue weighted by Crippen LogP contribution is -2.35. The van der Waals surface area contributed by atoms with E-state index < -0.39 is 0 Å². The maximum atomic E-state index is 12.4. The predicted octanol–water partition coefficient (Wildman–Crippen LogP) is 4.25. The van der Waals surface area contributed by atoms with Crippen LogP contribution in [-0.2, 0) is 4.79 Å². The fraction of sp³-hybridized carbons (Fsp3) is 0.350. The van der Waals surface area contributed by atoms with Gasteiger partial charge in [-0.3, -0.25) is 14.7 Å². The maximum Gasteiger partial charge on any atom is 0.227 e. The van der Waals surface area contributed by atoms with Gasteiger partial charge in [0.25, 0.3) is 0 Å². The number of nitrogens with zero attached hydrogens (tertiary/aromatic N) is 3. The van der Waals surface area contributed by atoms with Crippen LogP contribution in [0.5, 0.6) is 0 Å². The van der Waals surface area contributed by atoms with Crippen LogP contribution >= 0.6 is 11.3 Å². The fourth-order valence-corrected chi connectivity index (χ4v) is 4.44. The van der Waals surface area contributed by atoms with Crippen LogP contribution in [0, 0.1) is 0 Å². The molecule has 1 fully saturated rings. The molecule has 5 nitrogen and oxygen atoms in total. The van der Waals surface area contributed by atoms with Crippen molar-refractivity contribution in [1.82, 2.24) is 14.9 Å². The van der Waals surface area contributed by atoms with Gasteiger partial charge in [0.15, 0.2) is 5.13 Å². The van der Waals surface area contributed by atoms with Crippen LogP contribution in [-0.4, -0.2) is 33.9 Å². The molecule has 1 aliphatic rings. The average Bonchev–Trinajstić information content (AvgIpc) is 3.09. The summed E-state index contributed by atoms with van der Waals surface area (Å²) in [6.07, 6.45) is 7.79. The van der Waals surface area contributed by atoms with E-state index in [0.717, 1.165) is 29.7 Å². The topological polar surface area (TPSA) is 58.1 Å². The van der Waals surface area contributed by atoms with Gasteiger partial charge in [0.1, 0.15) is 0 Å². The number of carbonyl (C=O) groups excluding carboxylic acids is 1. The lowest BCUT2D eigenvalue weighted by atomic mass is 9.96. The zero-order valence-electron chi connectivity index (χ0n) is 14.6. The van der Waals surface area contributed by atoms with E-state index in [1.807, 2.05) is 42.7 Å². The molecule has 1 N–H and O–H groups in total. The van der Waals surface area contributed by atoms with Crippen LogP contribution in [0.1, 0.15) is 37.3 Å². The standard InChI is InChI=1S/C20H22N4OS/c25-19(23-20-22-16-7-1-2-9-18(16)26-20)10-13-24-12-4-3-8-17(24)15-6-5-11-21-14-15/h1-2,5-7,9,11,14,17H,3-4,8,10,12-13H2,(H,22,23,25)/t17-/m0/s1. The van der Waals surface area contributed by atoms with E-state index in [4.69, 9.17) is 0 Å². The molecular weight excluding hydrogens is 344 g/mol. The summed E-state index contributed by atoms with van der Waals surface area (Å²) in [6.45, 7) is 1.80. The van der Waals surface area contributed by atoms with E-state index in [1.165, 1.54) is 29.7 Å². The number of amides is 1. The van der Waals surface area contributed by atoms with Gasteiger partial charge in [0, 0.05) is 31.4 Å². The van der Waals surface area contributed by atoms with Crippen molar-refractivity contribution in [3.8, 4) is 0 Å². The van der Waals surface area contributed by atoms with E-state index in [0.29, 0.717) is 17.6 Å². The molecule has 1 aliphatic heterocycles. The Labute approximate surface area is 157 Å². The van der Waals surface area contributed by atoms with Gasteiger partial charge in [-0.05, 0) is 43.1 Å². The lowest BCUT2D eigenvalue weighted by Gasteiger charge is -2.35. The Morgan fingerprint density at radius 3 is 3.00 bits per heavy atom. The minimum atomic E-state index is 0.0274. The molecule has 0 unspecified atom stereocenters. The van der Waals surface area contributed by atoms with E-state index in [-0.39, 0.29) is 5.91 Å². The number of likely N-dealkylation sites (tertiary alicyclic amines) is 1. The Morgan fingerprint density at radius 1 is 1.23 bits per heavy atom. The number of rotatable bonds is 5. The maximum absolute atomic E-state index is 12.4. The van der Waals surface area contributed by atoms with Gasteiger partial charge in [-0.1, -0.05) is 36.0 Å². The van der Waals surface area contributed by atoms with Gasteiger partial charge in [0.2, 0.25) is 5.91 Å². The van der Waals surface area contributed by atoms with Crippen molar-refractivity contribution >= 4 is 32.6 Å². The third-order valence-electron chi connectivity index (χ3n) is 4.85. The van der Waals surface area contributed by atoms with Crippen LogP contribution in [0.3, 0.4) is 0 Å². The molecule has 2 aromatic heterocycles. The van der Waals surface area contributed by atoms with Crippen LogP contribution in [0.25, 0.3) is 10.2 Å².